The van der Waals surface area contributed by atoms with Crippen molar-refractivity contribution in [3.05, 3.63) is 70.4 Å². The van der Waals surface area contributed by atoms with E-state index in [9.17, 15) is 9.59 Å². The van der Waals surface area contributed by atoms with Crippen LogP contribution in [-0.2, 0) is 11.2 Å². The highest BCUT2D eigenvalue weighted by Crippen LogP contribution is 2.21. The van der Waals surface area contributed by atoms with Crippen molar-refractivity contribution < 1.29 is 9.59 Å². The molecular weight excluding hydrogens is 344 g/mol. The molecule has 1 saturated heterocycles. The van der Waals surface area contributed by atoms with Crippen molar-refractivity contribution in [3.8, 4) is 0 Å². The first-order valence-electron chi connectivity index (χ1n) is 8.79. The van der Waals surface area contributed by atoms with E-state index in [1.165, 1.54) is 0 Å². The van der Waals surface area contributed by atoms with E-state index in [4.69, 9.17) is 0 Å². The summed E-state index contributed by atoms with van der Waals surface area (Å²) in [6, 6.07) is 17.7. The van der Waals surface area contributed by atoms with Gasteiger partial charge in [0.2, 0.25) is 5.91 Å². The molecule has 3 aromatic rings. The quantitative estimate of drug-likeness (QED) is 0.714. The average Bonchev–Trinajstić information content (AvgIpc) is 3.20. The van der Waals surface area contributed by atoms with Crippen LogP contribution in [0.4, 0.5) is 0 Å². The van der Waals surface area contributed by atoms with E-state index < -0.39 is 0 Å². The van der Waals surface area contributed by atoms with Crippen LogP contribution < -0.4 is 0 Å². The highest BCUT2D eigenvalue weighted by atomic mass is 32.1. The van der Waals surface area contributed by atoms with Crippen molar-refractivity contribution >= 4 is 33.9 Å². The van der Waals surface area contributed by atoms with E-state index in [-0.39, 0.29) is 11.8 Å². The number of carbonyl (C=O) groups is 2. The molecule has 26 heavy (non-hydrogen) atoms. The number of hydrogen-bond acceptors (Lipinski definition) is 3. The maximum absolute atomic E-state index is 13.0. The second-order valence-electron chi connectivity index (χ2n) is 6.46. The molecule has 0 bridgehead atoms. The van der Waals surface area contributed by atoms with E-state index in [0.29, 0.717) is 32.6 Å². The lowest BCUT2D eigenvalue weighted by atomic mass is 10.0. The zero-order chi connectivity index (χ0) is 17.9. The molecule has 4 rings (SSSR count). The Morgan fingerprint density at radius 1 is 0.846 bits per heavy atom. The molecule has 1 aliphatic heterocycles. The van der Waals surface area contributed by atoms with E-state index >= 15 is 0 Å². The summed E-state index contributed by atoms with van der Waals surface area (Å²) >= 11 is 1.61. The minimum Gasteiger partial charge on any atom is -0.339 e. The molecule has 1 aromatic heterocycles. The number of piperazine rings is 1. The van der Waals surface area contributed by atoms with E-state index in [0.717, 1.165) is 21.2 Å². The van der Waals surface area contributed by atoms with E-state index in [2.05, 4.69) is 0 Å². The Labute approximate surface area is 156 Å². The molecule has 4 nitrogen and oxygen atoms in total. The van der Waals surface area contributed by atoms with Crippen LogP contribution in [0, 0.1) is 0 Å². The average molecular weight is 364 g/mol. The van der Waals surface area contributed by atoms with Gasteiger partial charge in [0.15, 0.2) is 0 Å². The summed E-state index contributed by atoms with van der Waals surface area (Å²) in [4.78, 5) is 30.2. The molecule has 1 fully saturated rings. The summed E-state index contributed by atoms with van der Waals surface area (Å²) in [6.45, 7) is 2.36. The second-order valence-corrected chi connectivity index (χ2v) is 7.49. The van der Waals surface area contributed by atoms with Crippen LogP contribution in [0.5, 0.6) is 0 Å². The van der Waals surface area contributed by atoms with Crippen molar-refractivity contribution in [1.29, 1.82) is 0 Å². The Balaban J connectivity index is 1.42. The van der Waals surface area contributed by atoms with Crippen molar-refractivity contribution in [2.24, 2.45) is 0 Å². The van der Waals surface area contributed by atoms with Crippen molar-refractivity contribution in [1.82, 2.24) is 9.80 Å². The number of benzene rings is 2. The monoisotopic (exact) mass is 364 g/mol. The predicted octanol–water partition coefficient (Wildman–Crippen LogP) is 3.43. The van der Waals surface area contributed by atoms with Crippen LogP contribution in [0.3, 0.4) is 0 Å². The highest BCUT2D eigenvalue weighted by molar-refractivity contribution is 7.10. The Bertz CT molecular complexity index is 923. The molecule has 2 amide bonds. The lowest BCUT2D eigenvalue weighted by Crippen LogP contribution is -2.51. The van der Waals surface area contributed by atoms with Gasteiger partial charge in [0.05, 0.1) is 6.42 Å². The largest absolute Gasteiger partial charge is 0.339 e. The molecule has 0 radical (unpaired) electrons. The standard InChI is InChI=1S/C21H20N2O2S/c24-20(15-17-7-4-14-26-17)22-10-12-23(13-11-22)21(25)19-9-3-6-16-5-1-2-8-18(16)19/h1-9,14H,10-13,15H2. The lowest BCUT2D eigenvalue weighted by molar-refractivity contribution is -0.131. The van der Waals surface area contributed by atoms with Gasteiger partial charge in [-0.1, -0.05) is 42.5 Å². The highest BCUT2D eigenvalue weighted by Gasteiger charge is 2.25. The number of nitrogens with zero attached hydrogens (tertiary/aromatic N) is 2. The Morgan fingerprint density at radius 2 is 1.58 bits per heavy atom. The number of thiophene rings is 1. The topological polar surface area (TPSA) is 40.6 Å². The van der Waals surface area contributed by atoms with Gasteiger partial charge in [0.1, 0.15) is 0 Å². The summed E-state index contributed by atoms with van der Waals surface area (Å²) < 4.78 is 0. The van der Waals surface area contributed by atoms with Crippen LogP contribution in [0.15, 0.2) is 60.0 Å². The van der Waals surface area contributed by atoms with Crippen LogP contribution in [0.2, 0.25) is 0 Å². The van der Waals surface area contributed by atoms with Crippen LogP contribution in [0.25, 0.3) is 10.8 Å². The Kier molecular flexibility index (Phi) is 4.71. The summed E-state index contributed by atoms with van der Waals surface area (Å²) in [5.41, 5.74) is 0.737. The molecule has 0 N–H and O–H groups in total. The van der Waals surface area contributed by atoms with Crippen LogP contribution in [-0.4, -0.2) is 47.8 Å². The van der Waals surface area contributed by atoms with Crippen molar-refractivity contribution in [3.63, 3.8) is 0 Å². The number of fused-ring (bicyclic) bond motifs is 1. The summed E-state index contributed by atoms with van der Waals surface area (Å²) in [5.74, 6) is 0.192. The summed E-state index contributed by atoms with van der Waals surface area (Å²) in [7, 11) is 0. The molecule has 0 aliphatic carbocycles. The van der Waals surface area contributed by atoms with Crippen molar-refractivity contribution in [2.45, 2.75) is 6.42 Å². The maximum Gasteiger partial charge on any atom is 0.254 e. The molecule has 0 spiro atoms. The van der Waals surface area contributed by atoms with Crippen LogP contribution in [0.1, 0.15) is 15.2 Å². The van der Waals surface area contributed by atoms with Gasteiger partial charge in [-0.15, -0.1) is 11.3 Å². The third-order valence-corrected chi connectivity index (χ3v) is 5.72. The van der Waals surface area contributed by atoms with E-state index in [1.807, 2.05) is 69.8 Å². The fourth-order valence-electron chi connectivity index (χ4n) is 3.42. The zero-order valence-electron chi connectivity index (χ0n) is 14.4. The number of hydrogen-bond donors (Lipinski definition) is 0. The Morgan fingerprint density at radius 3 is 2.35 bits per heavy atom. The number of rotatable bonds is 3. The fourth-order valence-corrected chi connectivity index (χ4v) is 4.11. The van der Waals surface area contributed by atoms with Gasteiger partial charge in [0, 0.05) is 36.6 Å². The van der Waals surface area contributed by atoms with Gasteiger partial charge in [-0.2, -0.15) is 0 Å². The SMILES string of the molecule is O=C(Cc1cccs1)N1CCN(C(=O)c2cccc3ccccc23)CC1. The maximum atomic E-state index is 13.0. The number of amides is 2. The first kappa shape index (κ1) is 16.8. The predicted molar refractivity (Wildman–Crippen MR) is 104 cm³/mol. The molecule has 0 saturated carbocycles. The smallest absolute Gasteiger partial charge is 0.254 e. The molecule has 5 heteroatoms. The number of carbonyl (C=O) groups excluding carboxylic acids is 2. The molecule has 0 atom stereocenters. The van der Waals surface area contributed by atoms with Gasteiger partial charge >= 0.3 is 0 Å². The van der Waals surface area contributed by atoms with Gasteiger partial charge < -0.3 is 9.80 Å². The molecule has 1 aliphatic rings. The first-order chi connectivity index (χ1) is 12.7. The molecule has 0 unspecified atom stereocenters. The summed E-state index contributed by atoms with van der Waals surface area (Å²) in [5, 5.41) is 4.04. The van der Waals surface area contributed by atoms with Crippen molar-refractivity contribution in [2.75, 3.05) is 26.2 Å². The lowest BCUT2D eigenvalue weighted by Gasteiger charge is -2.35. The zero-order valence-corrected chi connectivity index (χ0v) is 15.2. The molecule has 2 aromatic carbocycles. The Hall–Kier alpha value is -2.66. The molecular formula is C21H20N2O2S. The molecule has 132 valence electrons. The third kappa shape index (κ3) is 3.35. The van der Waals surface area contributed by atoms with Gasteiger partial charge in [-0.25, -0.2) is 0 Å². The summed E-state index contributed by atoms with van der Waals surface area (Å²) in [6.07, 6.45) is 0.453. The van der Waals surface area contributed by atoms with Gasteiger partial charge in [-0.05, 0) is 28.3 Å². The fraction of sp³-hybridized carbons (Fsp3) is 0.238. The minimum absolute atomic E-state index is 0.0483. The minimum atomic E-state index is 0.0483. The molecule has 2 heterocycles. The van der Waals surface area contributed by atoms with Gasteiger partial charge in [-0.3, -0.25) is 9.59 Å². The van der Waals surface area contributed by atoms with Gasteiger partial charge in [0.25, 0.3) is 5.91 Å². The second kappa shape index (κ2) is 7.30. The first-order valence-corrected chi connectivity index (χ1v) is 9.67. The normalized spacial score (nSPS) is 14.6. The van der Waals surface area contributed by atoms with E-state index in [1.54, 1.807) is 11.3 Å². The third-order valence-electron chi connectivity index (χ3n) is 4.85. The van der Waals surface area contributed by atoms with Crippen LogP contribution >= 0.6 is 11.3 Å².